The van der Waals surface area contributed by atoms with E-state index < -0.39 is 0 Å². The highest BCUT2D eigenvalue weighted by molar-refractivity contribution is 6.28. The molecule has 214 valence electrons. The quantitative estimate of drug-likeness (QED) is 0.182. The van der Waals surface area contributed by atoms with Crippen molar-refractivity contribution < 1.29 is 0 Å². The van der Waals surface area contributed by atoms with Crippen molar-refractivity contribution in [3.8, 4) is 12.1 Å². The van der Waals surface area contributed by atoms with Gasteiger partial charge < -0.3 is 9.80 Å². The van der Waals surface area contributed by atoms with Gasteiger partial charge in [0.2, 0.25) is 0 Å². The zero-order valence-corrected chi connectivity index (χ0v) is 24.8. The van der Waals surface area contributed by atoms with E-state index in [0.29, 0.717) is 11.1 Å². The lowest BCUT2D eigenvalue weighted by Gasteiger charge is -2.29. The first-order chi connectivity index (χ1) is 22.7. The Balaban J connectivity index is 1.41. The minimum atomic E-state index is 0.613. The third kappa shape index (κ3) is 4.46. The summed E-state index contributed by atoms with van der Waals surface area (Å²) in [6.07, 6.45) is 0. The number of hydrogen-bond donors (Lipinski definition) is 0. The van der Waals surface area contributed by atoms with Gasteiger partial charge in [0, 0.05) is 33.5 Å². The number of rotatable bonds is 6. The lowest BCUT2D eigenvalue weighted by Crippen LogP contribution is -2.11. The molecule has 0 aliphatic heterocycles. The lowest BCUT2D eigenvalue weighted by atomic mass is 9.91. The molecule has 0 unspecified atom stereocenters. The van der Waals surface area contributed by atoms with Crippen molar-refractivity contribution >= 4 is 66.4 Å². The Hall–Kier alpha value is -6.62. The fourth-order valence-corrected chi connectivity index (χ4v) is 6.60. The van der Waals surface area contributed by atoms with Crippen LogP contribution in [0.3, 0.4) is 0 Å². The molecule has 0 amide bonds. The first-order valence-corrected chi connectivity index (χ1v) is 15.1. The standard InChI is InChI=1S/C42H26N4/c43-27-29-9-7-15-35(25-29)45(33-11-3-1-4-12-33)39-23-19-31-18-22-38-40(24-20-32-17-21-37(39)41(31)42(32)38)46(34-13-5-2-6-14-34)36-16-8-10-30(26-36)28-44/h1-26H. The summed E-state index contributed by atoms with van der Waals surface area (Å²) in [5.41, 5.74) is 7.18. The molecule has 0 aliphatic carbocycles. The molecule has 46 heavy (non-hydrogen) atoms. The van der Waals surface area contributed by atoms with Crippen LogP contribution in [0.15, 0.2) is 158 Å². The third-order valence-corrected chi connectivity index (χ3v) is 8.60. The third-order valence-electron chi connectivity index (χ3n) is 8.60. The zero-order chi connectivity index (χ0) is 31.0. The molecule has 0 saturated carbocycles. The van der Waals surface area contributed by atoms with Crippen LogP contribution in [0.1, 0.15) is 11.1 Å². The maximum Gasteiger partial charge on any atom is 0.0992 e. The second-order valence-electron chi connectivity index (χ2n) is 11.3. The summed E-state index contributed by atoms with van der Waals surface area (Å²) < 4.78 is 0. The van der Waals surface area contributed by atoms with E-state index in [9.17, 15) is 10.5 Å². The average molecular weight is 587 g/mol. The van der Waals surface area contributed by atoms with Crippen LogP contribution < -0.4 is 9.80 Å². The second-order valence-corrected chi connectivity index (χ2v) is 11.3. The van der Waals surface area contributed by atoms with Gasteiger partial charge in [-0.15, -0.1) is 0 Å². The lowest BCUT2D eigenvalue weighted by molar-refractivity contribution is 1.29. The Morgan fingerprint density at radius 1 is 0.370 bits per heavy atom. The summed E-state index contributed by atoms with van der Waals surface area (Å²) in [6, 6.07) is 58.3. The van der Waals surface area contributed by atoms with Gasteiger partial charge in [0.05, 0.1) is 34.6 Å². The number of nitriles is 2. The van der Waals surface area contributed by atoms with Gasteiger partial charge >= 0.3 is 0 Å². The van der Waals surface area contributed by atoms with Gasteiger partial charge in [-0.1, -0.05) is 84.9 Å². The monoisotopic (exact) mass is 586 g/mol. The van der Waals surface area contributed by atoms with Gasteiger partial charge in [-0.2, -0.15) is 10.5 Å². The predicted molar refractivity (Wildman–Crippen MR) is 189 cm³/mol. The summed E-state index contributed by atoms with van der Waals surface area (Å²) in [5, 5.41) is 26.4. The maximum absolute atomic E-state index is 9.72. The highest BCUT2D eigenvalue weighted by atomic mass is 15.1. The highest BCUT2D eigenvalue weighted by Gasteiger charge is 2.21. The van der Waals surface area contributed by atoms with E-state index >= 15 is 0 Å². The second kappa shape index (κ2) is 11.1. The SMILES string of the molecule is N#Cc1cccc(N(c2ccccc2)c2ccc3ccc4c(N(c5ccccc5)c5cccc(C#N)c5)ccc5ccc2c3c54)c1. The van der Waals surface area contributed by atoms with Gasteiger partial charge in [0.25, 0.3) is 0 Å². The van der Waals surface area contributed by atoms with E-state index in [-0.39, 0.29) is 0 Å². The zero-order valence-electron chi connectivity index (χ0n) is 24.8. The molecule has 0 aliphatic rings. The van der Waals surface area contributed by atoms with Crippen molar-refractivity contribution in [3.05, 3.63) is 169 Å². The first-order valence-electron chi connectivity index (χ1n) is 15.1. The van der Waals surface area contributed by atoms with Crippen LogP contribution in [0.5, 0.6) is 0 Å². The molecule has 0 atom stereocenters. The van der Waals surface area contributed by atoms with Gasteiger partial charge in [-0.3, -0.25) is 0 Å². The summed E-state index contributed by atoms with van der Waals surface area (Å²) in [7, 11) is 0. The molecule has 8 rings (SSSR count). The van der Waals surface area contributed by atoms with Gasteiger partial charge in [-0.25, -0.2) is 0 Å². The smallest absolute Gasteiger partial charge is 0.0992 e. The Morgan fingerprint density at radius 3 is 1.17 bits per heavy atom. The molecule has 0 aromatic heterocycles. The topological polar surface area (TPSA) is 54.1 Å². The number of anilines is 6. The minimum Gasteiger partial charge on any atom is -0.310 e. The van der Waals surface area contributed by atoms with Crippen LogP contribution in [0.4, 0.5) is 34.1 Å². The van der Waals surface area contributed by atoms with Crippen LogP contribution in [-0.4, -0.2) is 0 Å². The molecular weight excluding hydrogens is 560 g/mol. The Bertz CT molecular complexity index is 2280. The molecule has 0 spiro atoms. The normalized spacial score (nSPS) is 11.0. The molecule has 8 aromatic rings. The predicted octanol–water partition coefficient (Wildman–Crippen LogP) is 11.3. The number of hydrogen-bond acceptors (Lipinski definition) is 4. The molecule has 0 heterocycles. The van der Waals surface area contributed by atoms with Crippen LogP contribution in [0.2, 0.25) is 0 Å². The van der Waals surface area contributed by atoms with Gasteiger partial charge in [0.1, 0.15) is 0 Å². The van der Waals surface area contributed by atoms with E-state index in [1.165, 1.54) is 10.8 Å². The van der Waals surface area contributed by atoms with Gasteiger partial charge in [0.15, 0.2) is 0 Å². The Morgan fingerprint density at radius 2 is 0.761 bits per heavy atom. The molecule has 0 bridgehead atoms. The van der Waals surface area contributed by atoms with Crippen molar-refractivity contribution in [1.29, 1.82) is 10.5 Å². The van der Waals surface area contributed by atoms with Crippen LogP contribution >= 0.6 is 0 Å². The number of benzene rings is 8. The summed E-state index contributed by atoms with van der Waals surface area (Å²) in [4.78, 5) is 4.47. The van der Waals surface area contributed by atoms with E-state index in [1.54, 1.807) is 0 Å². The fourth-order valence-electron chi connectivity index (χ4n) is 6.60. The maximum atomic E-state index is 9.72. The van der Waals surface area contributed by atoms with Gasteiger partial charge in [-0.05, 0) is 94.3 Å². The van der Waals surface area contributed by atoms with E-state index in [4.69, 9.17) is 0 Å². The van der Waals surface area contributed by atoms with Crippen LogP contribution in [-0.2, 0) is 0 Å². The average Bonchev–Trinajstić information content (AvgIpc) is 3.13. The van der Waals surface area contributed by atoms with Crippen molar-refractivity contribution in [1.82, 2.24) is 0 Å². The summed E-state index contributed by atoms with van der Waals surface area (Å²) in [5.74, 6) is 0. The molecule has 0 fully saturated rings. The van der Waals surface area contributed by atoms with Crippen LogP contribution in [0, 0.1) is 22.7 Å². The van der Waals surface area contributed by atoms with E-state index in [1.807, 2.05) is 72.8 Å². The van der Waals surface area contributed by atoms with E-state index in [2.05, 4.69) is 107 Å². The molecule has 0 saturated heterocycles. The fraction of sp³-hybridized carbons (Fsp3) is 0. The highest BCUT2D eigenvalue weighted by Crippen LogP contribution is 2.47. The van der Waals surface area contributed by atoms with Crippen LogP contribution in [0.25, 0.3) is 32.3 Å². The molecule has 0 N–H and O–H groups in total. The summed E-state index contributed by atoms with van der Waals surface area (Å²) >= 11 is 0. The Labute approximate surface area is 267 Å². The molecule has 4 nitrogen and oxygen atoms in total. The molecule has 8 aromatic carbocycles. The number of nitrogens with zero attached hydrogens (tertiary/aromatic N) is 4. The summed E-state index contributed by atoms with van der Waals surface area (Å²) in [6.45, 7) is 0. The minimum absolute atomic E-state index is 0.613. The van der Waals surface area contributed by atoms with Crippen molar-refractivity contribution in [3.63, 3.8) is 0 Å². The Kier molecular flexibility index (Phi) is 6.53. The van der Waals surface area contributed by atoms with E-state index in [0.717, 1.165) is 55.7 Å². The molecule has 4 heteroatoms. The first kappa shape index (κ1) is 27.0. The van der Waals surface area contributed by atoms with Crippen molar-refractivity contribution in [2.45, 2.75) is 0 Å². The molecular formula is C42H26N4. The largest absolute Gasteiger partial charge is 0.310 e. The number of para-hydroxylation sites is 2. The molecule has 0 radical (unpaired) electrons. The van der Waals surface area contributed by atoms with Crippen molar-refractivity contribution in [2.24, 2.45) is 0 Å². The van der Waals surface area contributed by atoms with Crippen molar-refractivity contribution in [2.75, 3.05) is 9.80 Å².